The summed E-state index contributed by atoms with van der Waals surface area (Å²) in [4.78, 5) is 0. The van der Waals surface area contributed by atoms with Crippen LogP contribution in [0.15, 0.2) is 43.1 Å². The molecule has 1 aromatic heterocycles. The molecule has 102 valence electrons. The molecular formula is C17H24N2. The van der Waals surface area contributed by atoms with Crippen molar-refractivity contribution in [1.29, 1.82) is 0 Å². The zero-order valence-corrected chi connectivity index (χ0v) is 12.0. The van der Waals surface area contributed by atoms with Gasteiger partial charge < -0.3 is 9.88 Å². The number of benzene rings is 1. The molecule has 2 nitrogen and oxygen atoms in total. The van der Waals surface area contributed by atoms with Crippen LogP contribution in [0.1, 0.15) is 32.3 Å². The van der Waals surface area contributed by atoms with Crippen molar-refractivity contribution in [2.45, 2.75) is 45.8 Å². The van der Waals surface area contributed by atoms with Gasteiger partial charge in [-0.3, -0.25) is 0 Å². The lowest BCUT2D eigenvalue weighted by Crippen LogP contribution is -2.21. The molecule has 0 unspecified atom stereocenters. The van der Waals surface area contributed by atoms with E-state index in [2.05, 4.69) is 60.8 Å². The van der Waals surface area contributed by atoms with Gasteiger partial charge in [0.15, 0.2) is 0 Å². The van der Waals surface area contributed by atoms with Crippen LogP contribution < -0.4 is 5.32 Å². The van der Waals surface area contributed by atoms with Gasteiger partial charge in [0.05, 0.1) is 0 Å². The lowest BCUT2D eigenvalue weighted by Gasteiger charge is -2.10. The normalized spacial score (nSPS) is 11.3. The van der Waals surface area contributed by atoms with Crippen LogP contribution in [0, 0.1) is 0 Å². The lowest BCUT2D eigenvalue weighted by molar-refractivity contribution is 0.590. The predicted octanol–water partition coefficient (Wildman–Crippen LogP) is 4.11. The quantitative estimate of drug-likeness (QED) is 0.583. The van der Waals surface area contributed by atoms with Gasteiger partial charge in [-0.1, -0.05) is 32.1 Å². The van der Waals surface area contributed by atoms with Crippen molar-refractivity contribution in [3.63, 3.8) is 0 Å². The second kappa shape index (κ2) is 6.58. The Kier molecular flexibility index (Phi) is 4.80. The van der Waals surface area contributed by atoms with E-state index in [1.165, 1.54) is 16.5 Å². The van der Waals surface area contributed by atoms with Crippen LogP contribution in [0.4, 0.5) is 0 Å². The summed E-state index contributed by atoms with van der Waals surface area (Å²) < 4.78 is 2.34. The number of aromatic nitrogens is 1. The maximum atomic E-state index is 3.78. The maximum Gasteiger partial charge on any atom is 0.0483 e. The Labute approximate surface area is 116 Å². The molecular weight excluding hydrogens is 232 g/mol. The molecule has 1 aromatic carbocycles. The van der Waals surface area contributed by atoms with Crippen molar-refractivity contribution in [3.8, 4) is 0 Å². The molecule has 0 atom stereocenters. The van der Waals surface area contributed by atoms with E-state index in [1.54, 1.807) is 0 Å². The summed E-state index contributed by atoms with van der Waals surface area (Å²) in [7, 11) is 0. The topological polar surface area (TPSA) is 17.0 Å². The smallest absolute Gasteiger partial charge is 0.0483 e. The van der Waals surface area contributed by atoms with Crippen LogP contribution in [0.2, 0.25) is 0 Å². The summed E-state index contributed by atoms with van der Waals surface area (Å²) in [5.74, 6) is 0. The van der Waals surface area contributed by atoms with E-state index in [-0.39, 0.29) is 0 Å². The molecule has 0 bridgehead atoms. The second-order valence-corrected chi connectivity index (χ2v) is 5.33. The predicted molar refractivity (Wildman–Crippen MR) is 83.3 cm³/mol. The number of fused-ring (bicyclic) bond motifs is 1. The van der Waals surface area contributed by atoms with E-state index in [0.29, 0.717) is 6.04 Å². The minimum atomic E-state index is 0.518. The van der Waals surface area contributed by atoms with E-state index in [0.717, 1.165) is 25.9 Å². The third-order valence-corrected chi connectivity index (χ3v) is 3.41. The van der Waals surface area contributed by atoms with Crippen molar-refractivity contribution in [1.82, 2.24) is 9.88 Å². The summed E-state index contributed by atoms with van der Waals surface area (Å²) >= 11 is 0. The van der Waals surface area contributed by atoms with Gasteiger partial charge >= 0.3 is 0 Å². The SMILES string of the molecule is C=CCCCn1ccc2c(CNC(C)C)cccc21. The highest BCUT2D eigenvalue weighted by molar-refractivity contribution is 5.83. The number of unbranched alkanes of at least 4 members (excludes halogenated alkanes) is 1. The highest BCUT2D eigenvalue weighted by atomic mass is 15.0. The Morgan fingerprint density at radius 1 is 1.32 bits per heavy atom. The van der Waals surface area contributed by atoms with E-state index in [1.807, 2.05) is 6.08 Å². The third kappa shape index (κ3) is 3.48. The number of nitrogens with zero attached hydrogens (tertiary/aromatic N) is 1. The lowest BCUT2D eigenvalue weighted by atomic mass is 10.1. The Morgan fingerprint density at radius 2 is 2.16 bits per heavy atom. The van der Waals surface area contributed by atoms with Crippen LogP contribution in [-0.2, 0) is 13.1 Å². The fourth-order valence-corrected chi connectivity index (χ4v) is 2.36. The zero-order chi connectivity index (χ0) is 13.7. The largest absolute Gasteiger partial charge is 0.347 e. The van der Waals surface area contributed by atoms with Crippen molar-refractivity contribution in [3.05, 3.63) is 48.7 Å². The zero-order valence-electron chi connectivity index (χ0n) is 12.0. The van der Waals surface area contributed by atoms with Crippen LogP contribution >= 0.6 is 0 Å². The standard InChI is InChI=1S/C17H24N2/c1-4-5-6-11-19-12-10-16-15(13-18-14(2)3)8-7-9-17(16)19/h4,7-10,12,14,18H,1,5-6,11,13H2,2-3H3. The van der Waals surface area contributed by atoms with E-state index in [9.17, 15) is 0 Å². The Hall–Kier alpha value is -1.54. The first-order chi connectivity index (χ1) is 9.22. The van der Waals surface area contributed by atoms with Crippen molar-refractivity contribution in [2.24, 2.45) is 0 Å². The van der Waals surface area contributed by atoms with Gasteiger partial charge in [0, 0.05) is 36.2 Å². The van der Waals surface area contributed by atoms with Gasteiger partial charge in [0.25, 0.3) is 0 Å². The Balaban J connectivity index is 2.18. The minimum absolute atomic E-state index is 0.518. The molecule has 0 aliphatic carbocycles. The molecule has 1 N–H and O–H groups in total. The molecule has 2 rings (SSSR count). The number of aryl methyl sites for hydroxylation is 1. The molecule has 0 radical (unpaired) electrons. The number of nitrogens with one attached hydrogen (secondary N) is 1. The average Bonchev–Trinajstić information content (AvgIpc) is 2.80. The molecule has 2 aromatic rings. The second-order valence-electron chi connectivity index (χ2n) is 5.33. The molecule has 0 amide bonds. The van der Waals surface area contributed by atoms with Crippen LogP contribution in [0.5, 0.6) is 0 Å². The van der Waals surface area contributed by atoms with Crippen molar-refractivity contribution >= 4 is 10.9 Å². The first-order valence-electron chi connectivity index (χ1n) is 7.13. The fraction of sp³-hybridized carbons (Fsp3) is 0.412. The maximum absolute atomic E-state index is 3.78. The molecule has 1 heterocycles. The molecule has 0 aliphatic heterocycles. The molecule has 2 heteroatoms. The summed E-state index contributed by atoms with van der Waals surface area (Å²) in [6.07, 6.45) is 6.42. The number of hydrogen-bond acceptors (Lipinski definition) is 1. The first kappa shape index (κ1) is 13.9. The number of hydrogen-bond donors (Lipinski definition) is 1. The monoisotopic (exact) mass is 256 g/mol. The van der Waals surface area contributed by atoms with Gasteiger partial charge in [0.2, 0.25) is 0 Å². The highest BCUT2D eigenvalue weighted by Gasteiger charge is 2.05. The molecule has 0 saturated heterocycles. The van der Waals surface area contributed by atoms with Crippen LogP contribution in [0.3, 0.4) is 0 Å². The average molecular weight is 256 g/mol. The summed E-state index contributed by atoms with van der Waals surface area (Å²) in [5, 5.41) is 4.86. The van der Waals surface area contributed by atoms with Gasteiger partial charge in [-0.25, -0.2) is 0 Å². The van der Waals surface area contributed by atoms with E-state index in [4.69, 9.17) is 0 Å². The third-order valence-electron chi connectivity index (χ3n) is 3.41. The van der Waals surface area contributed by atoms with Crippen LogP contribution in [0.25, 0.3) is 10.9 Å². The van der Waals surface area contributed by atoms with Gasteiger partial charge in [-0.2, -0.15) is 0 Å². The van der Waals surface area contributed by atoms with Crippen LogP contribution in [-0.4, -0.2) is 10.6 Å². The Morgan fingerprint density at radius 3 is 2.89 bits per heavy atom. The number of allylic oxidation sites excluding steroid dienone is 1. The van der Waals surface area contributed by atoms with Gasteiger partial charge in [-0.05, 0) is 30.5 Å². The van der Waals surface area contributed by atoms with Gasteiger partial charge in [0.1, 0.15) is 0 Å². The summed E-state index contributed by atoms with van der Waals surface area (Å²) in [6.45, 7) is 10.1. The van der Waals surface area contributed by atoms with Crippen molar-refractivity contribution in [2.75, 3.05) is 0 Å². The molecule has 0 spiro atoms. The van der Waals surface area contributed by atoms with E-state index < -0.39 is 0 Å². The fourth-order valence-electron chi connectivity index (χ4n) is 2.36. The first-order valence-corrected chi connectivity index (χ1v) is 7.13. The van der Waals surface area contributed by atoms with Gasteiger partial charge in [-0.15, -0.1) is 6.58 Å². The highest BCUT2D eigenvalue weighted by Crippen LogP contribution is 2.21. The van der Waals surface area contributed by atoms with Crippen molar-refractivity contribution < 1.29 is 0 Å². The molecule has 0 saturated carbocycles. The molecule has 19 heavy (non-hydrogen) atoms. The number of rotatable bonds is 7. The molecule has 0 fully saturated rings. The minimum Gasteiger partial charge on any atom is -0.347 e. The molecule has 0 aliphatic rings. The Bertz CT molecular complexity index is 537. The van der Waals surface area contributed by atoms with E-state index >= 15 is 0 Å². The summed E-state index contributed by atoms with van der Waals surface area (Å²) in [6, 6.07) is 9.34. The summed E-state index contributed by atoms with van der Waals surface area (Å²) in [5.41, 5.74) is 2.72.